The van der Waals surface area contributed by atoms with Crippen LogP contribution in [0.5, 0.6) is 5.75 Å². The molecule has 0 amide bonds. The molecule has 1 heterocycles. The molecule has 37 heavy (non-hydrogen) atoms. The van der Waals surface area contributed by atoms with Crippen LogP contribution >= 0.6 is 0 Å². The van der Waals surface area contributed by atoms with Crippen LogP contribution in [0.15, 0.2) is 54.6 Å². The Morgan fingerprint density at radius 2 is 1.51 bits per heavy atom. The Labute approximate surface area is 207 Å². The fraction of sp³-hybridized carbons (Fsp3) is 0.333. The number of rotatable bonds is 7. The maximum atomic E-state index is 14.8. The van der Waals surface area contributed by atoms with Crippen molar-refractivity contribution in [1.82, 2.24) is 0 Å². The van der Waals surface area contributed by atoms with Crippen LogP contribution in [-0.4, -0.2) is 6.10 Å². The smallest absolute Gasteiger partial charge is 0.429 e. The minimum absolute atomic E-state index is 0.0412. The van der Waals surface area contributed by atoms with Crippen molar-refractivity contribution < 1.29 is 44.6 Å². The highest BCUT2D eigenvalue weighted by atomic mass is 19.4. The lowest BCUT2D eigenvalue weighted by atomic mass is 10.0. The lowest BCUT2D eigenvalue weighted by molar-refractivity contribution is -0.187. The van der Waals surface area contributed by atoms with E-state index in [0.717, 1.165) is 49.6 Å². The van der Waals surface area contributed by atoms with Gasteiger partial charge in [0.25, 0.3) is 0 Å². The molecule has 1 aliphatic rings. The van der Waals surface area contributed by atoms with Crippen LogP contribution in [0.4, 0.5) is 35.1 Å². The molecule has 1 fully saturated rings. The van der Waals surface area contributed by atoms with Gasteiger partial charge in [-0.2, -0.15) is 22.0 Å². The first-order chi connectivity index (χ1) is 17.4. The molecular formula is C27H22F8O2. The quantitative estimate of drug-likeness (QED) is 0.284. The van der Waals surface area contributed by atoms with E-state index in [9.17, 15) is 35.1 Å². The summed E-state index contributed by atoms with van der Waals surface area (Å²) in [5, 5.41) is 0. The molecule has 0 spiro atoms. The highest BCUT2D eigenvalue weighted by Crippen LogP contribution is 2.39. The van der Waals surface area contributed by atoms with Gasteiger partial charge < -0.3 is 9.47 Å². The van der Waals surface area contributed by atoms with E-state index in [1.165, 1.54) is 6.07 Å². The lowest BCUT2D eigenvalue weighted by Crippen LogP contribution is -2.23. The Kier molecular flexibility index (Phi) is 7.50. The highest BCUT2D eigenvalue weighted by Gasteiger charge is 2.39. The molecule has 2 atom stereocenters. The fourth-order valence-corrected chi connectivity index (χ4v) is 4.36. The Morgan fingerprint density at radius 1 is 0.811 bits per heavy atom. The molecule has 2 unspecified atom stereocenters. The zero-order chi connectivity index (χ0) is 27.0. The summed E-state index contributed by atoms with van der Waals surface area (Å²) in [6.45, 7) is 2.02. The second kappa shape index (κ2) is 10.3. The zero-order valence-corrected chi connectivity index (χ0v) is 19.5. The number of benzene rings is 3. The van der Waals surface area contributed by atoms with E-state index in [2.05, 4.69) is 4.74 Å². The molecule has 0 bridgehead atoms. The molecule has 0 aromatic heterocycles. The number of hydrogen-bond acceptors (Lipinski definition) is 2. The van der Waals surface area contributed by atoms with Crippen molar-refractivity contribution in [3.05, 3.63) is 88.7 Å². The van der Waals surface area contributed by atoms with Gasteiger partial charge in [-0.1, -0.05) is 25.5 Å². The Morgan fingerprint density at radius 3 is 2.14 bits per heavy atom. The summed E-state index contributed by atoms with van der Waals surface area (Å²) >= 11 is 0. The van der Waals surface area contributed by atoms with Crippen LogP contribution in [0.2, 0.25) is 0 Å². The molecule has 0 N–H and O–H groups in total. The Bertz CT molecular complexity index is 1270. The molecule has 1 saturated heterocycles. The molecule has 1 aliphatic heterocycles. The van der Waals surface area contributed by atoms with Gasteiger partial charge in [-0.25, -0.2) is 13.2 Å². The summed E-state index contributed by atoms with van der Waals surface area (Å²) in [6, 6.07) is 7.42. The second-order valence-corrected chi connectivity index (χ2v) is 8.80. The third-order valence-corrected chi connectivity index (χ3v) is 6.17. The minimum Gasteiger partial charge on any atom is -0.429 e. The van der Waals surface area contributed by atoms with E-state index in [-0.39, 0.29) is 17.2 Å². The van der Waals surface area contributed by atoms with E-state index in [0.29, 0.717) is 30.2 Å². The number of ether oxygens (including phenoxy) is 2. The normalized spacial score (nSPS) is 18.3. The topological polar surface area (TPSA) is 18.5 Å². The first-order valence-corrected chi connectivity index (χ1v) is 11.6. The van der Waals surface area contributed by atoms with Crippen LogP contribution < -0.4 is 4.74 Å². The lowest BCUT2D eigenvalue weighted by Gasteiger charge is -2.20. The maximum absolute atomic E-state index is 14.8. The van der Waals surface area contributed by atoms with E-state index in [4.69, 9.17) is 4.74 Å². The summed E-state index contributed by atoms with van der Waals surface area (Å²) < 4.78 is 121. The monoisotopic (exact) mass is 530 g/mol. The molecule has 0 radical (unpaired) electrons. The Balaban J connectivity index is 1.51. The van der Waals surface area contributed by atoms with Gasteiger partial charge in [0.2, 0.25) is 0 Å². The first kappa shape index (κ1) is 26.9. The van der Waals surface area contributed by atoms with Gasteiger partial charge in [-0.15, -0.1) is 0 Å². The Hall–Kier alpha value is -3.14. The largest absolute Gasteiger partial charge is 0.429 e. The van der Waals surface area contributed by atoms with Crippen molar-refractivity contribution in [3.63, 3.8) is 0 Å². The summed E-state index contributed by atoms with van der Waals surface area (Å²) in [5.41, 5.74) is -2.73. The summed E-state index contributed by atoms with van der Waals surface area (Å²) in [7, 11) is 0. The summed E-state index contributed by atoms with van der Waals surface area (Å²) in [6.07, 6.45) is -6.24. The van der Waals surface area contributed by atoms with E-state index < -0.39 is 52.7 Å². The molecule has 2 nitrogen and oxygen atoms in total. The van der Waals surface area contributed by atoms with Gasteiger partial charge in [-0.3, -0.25) is 0 Å². The molecule has 4 rings (SSSR count). The van der Waals surface area contributed by atoms with E-state index in [1.807, 2.05) is 6.92 Å². The predicted molar refractivity (Wildman–Crippen MR) is 119 cm³/mol. The van der Waals surface area contributed by atoms with Crippen molar-refractivity contribution in [2.24, 2.45) is 0 Å². The van der Waals surface area contributed by atoms with Gasteiger partial charge >= 0.3 is 12.3 Å². The average molecular weight is 530 g/mol. The van der Waals surface area contributed by atoms with Gasteiger partial charge in [-0.05, 0) is 66.8 Å². The van der Waals surface area contributed by atoms with E-state index >= 15 is 0 Å². The zero-order valence-electron chi connectivity index (χ0n) is 19.5. The summed E-state index contributed by atoms with van der Waals surface area (Å²) in [5.74, 6) is -4.65. The standard InChI is InChI=1S/C27H22F8O2/c1-2-3-17-7-11-25(36-17)16-5-10-21(24(30)13-16)27(34,35)37-18-6-8-19(22(28)14-18)15-4-9-20(23(29)12-15)26(31,32)33/h4-6,8-10,12-14,17,25H,2-3,7,11H2,1H3. The third-order valence-electron chi connectivity index (χ3n) is 6.17. The molecule has 3 aromatic carbocycles. The predicted octanol–water partition coefficient (Wildman–Crippen LogP) is 8.94. The first-order valence-electron chi connectivity index (χ1n) is 11.6. The van der Waals surface area contributed by atoms with Gasteiger partial charge in [0.1, 0.15) is 23.2 Å². The minimum atomic E-state index is -4.93. The van der Waals surface area contributed by atoms with Gasteiger partial charge in [0, 0.05) is 11.6 Å². The van der Waals surface area contributed by atoms with Crippen LogP contribution in [0.25, 0.3) is 11.1 Å². The van der Waals surface area contributed by atoms with Crippen molar-refractivity contribution in [3.8, 4) is 16.9 Å². The molecule has 3 aromatic rings. The van der Waals surface area contributed by atoms with Crippen LogP contribution in [0, 0.1) is 17.5 Å². The molecular weight excluding hydrogens is 508 g/mol. The molecule has 10 heteroatoms. The van der Waals surface area contributed by atoms with Crippen LogP contribution in [-0.2, 0) is 17.0 Å². The van der Waals surface area contributed by atoms with Crippen molar-refractivity contribution >= 4 is 0 Å². The SMILES string of the molecule is CCCC1CCC(c2ccc(C(F)(F)Oc3ccc(-c4ccc(C(F)(F)F)c(F)c4)c(F)c3)c(F)c2)O1. The third kappa shape index (κ3) is 5.89. The van der Waals surface area contributed by atoms with Crippen molar-refractivity contribution in [2.45, 2.75) is 57.1 Å². The van der Waals surface area contributed by atoms with Crippen molar-refractivity contribution in [1.29, 1.82) is 0 Å². The fourth-order valence-electron chi connectivity index (χ4n) is 4.36. The number of alkyl halides is 5. The van der Waals surface area contributed by atoms with Crippen LogP contribution in [0.3, 0.4) is 0 Å². The van der Waals surface area contributed by atoms with Crippen LogP contribution in [0.1, 0.15) is 55.4 Å². The highest BCUT2D eigenvalue weighted by molar-refractivity contribution is 5.65. The molecule has 0 saturated carbocycles. The second-order valence-electron chi connectivity index (χ2n) is 8.80. The molecule has 0 aliphatic carbocycles. The summed E-state index contributed by atoms with van der Waals surface area (Å²) in [4.78, 5) is 0. The average Bonchev–Trinajstić information content (AvgIpc) is 3.26. The van der Waals surface area contributed by atoms with Crippen molar-refractivity contribution in [2.75, 3.05) is 0 Å². The number of hydrogen-bond donors (Lipinski definition) is 0. The number of halogens is 8. The van der Waals surface area contributed by atoms with Gasteiger partial charge in [0.15, 0.2) is 0 Å². The van der Waals surface area contributed by atoms with Gasteiger partial charge in [0.05, 0.1) is 23.3 Å². The molecule has 198 valence electrons. The maximum Gasteiger partial charge on any atom is 0.429 e. The van der Waals surface area contributed by atoms with E-state index in [1.54, 1.807) is 0 Å².